The molecule has 1 aromatic carbocycles. The van der Waals surface area contributed by atoms with Crippen LogP contribution in [0.15, 0.2) is 41.6 Å². The van der Waals surface area contributed by atoms with E-state index in [1.54, 1.807) is 9.80 Å². The maximum atomic E-state index is 14.5. The third-order valence-corrected chi connectivity index (χ3v) is 11.2. The fraction of sp³-hybridized carbons (Fsp3) is 0.500. The zero-order valence-corrected chi connectivity index (χ0v) is 22.4. The van der Waals surface area contributed by atoms with E-state index >= 15 is 0 Å². The number of fused-ring (bicyclic) bond motifs is 4. The van der Waals surface area contributed by atoms with Crippen LogP contribution in [0.1, 0.15) is 6.92 Å². The minimum absolute atomic E-state index is 0.0592. The van der Waals surface area contributed by atoms with Crippen LogP contribution in [0.5, 0.6) is 0 Å². The fourth-order valence-electron chi connectivity index (χ4n) is 6.41. The second-order valence-electron chi connectivity index (χ2n) is 9.43. The van der Waals surface area contributed by atoms with Gasteiger partial charge in [-0.3, -0.25) is 0 Å². The van der Waals surface area contributed by atoms with Gasteiger partial charge in [-0.05, 0) is 0 Å². The van der Waals surface area contributed by atoms with Crippen molar-refractivity contribution in [1.29, 1.82) is 0 Å². The number of halogens is 1. The first-order chi connectivity index (χ1) is 17.6. The number of Topliss-reactive ketones (excluding diaryl/α,β-unsaturated/α-hetero) is 2. The van der Waals surface area contributed by atoms with Gasteiger partial charge < -0.3 is 0 Å². The van der Waals surface area contributed by atoms with Crippen molar-refractivity contribution < 1.29 is 38.1 Å². The first-order valence-corrected chi connectivity index (χ1v) is 13.8. The van der Waals surface area contributed by atoms with E-state index in [0.717, 1.165) is 4.46 Å². The van der Waals surface area contributed by atoms with Crippen molar-refractivity contribution in [3.63, 3.8) is 0 Å². The summed E-state index contributed by atoms with van der Waals surface area (Å²) in [5, 5.41) is 0. The van der Waals surface area contributed by atoms with Gasteiger partial charge in [0, 0.05) is 0 Å². The molecule has 3 saturated heterocycles. The fourth-order valence-corrected chi connectivity index (χ4v) is 9.57. The van der Waals surface area contributed by atoms with Gasteiger partial charge in [0.05, 0.1) is 0 Å². The number of carbonyl (C=O) groups is 4. The second kappa shape index (κ2) is 8.26. The Morgan fingerprint density at radius 3 is 2.46 bits per heavy atom. The molecule has 5 aliphatic rings. The van der Waals surface area contributed by atoms with Crippen LogP contribution in [0.4, 0.5) is 4.79 Å². The summed E-state index contributed by atoms with van der Waals surface area (Å²) in [5.74, 6) is -4.29. The summed E-state index contributed by atoms with van der Waals surface area (Å²) in [5.41, 5.74) is 4.10. The molecule has 1 unspecified atom stereocenters. The average Bonchev–Trinajstić information content (AvgIpc) is 3.17. The zero-order valence-electron chi connectivity index (χ0n) is 20.0. The Balaban J connectivity index is 1.52. The van der Waals surface area contributed by atoms with Crippen LogP contribution < -0.4 is 10.2 Å². The average molecular weight is 597 g/mol. The molecule has 11 nitrogen and oxygen atoms in total. The van der Waals surface area contributed by atoms with Gasteiger partial charge in [0.2, 0.25) is 0 Å². The summed E-state index contributed by atoms with van der Waals surface area (Å²) < 4.78 is 22.0. The molecule has 3 fully saturated rings. The number of primary amides is 1. The van der Waals surface area contributed by atoms with Gasteiger partial charge in [-0.15, -0.1) is 0 Å². The van der Waals surface area contributed by atoms with E-state index in [0.29, 0.717) is 0 Å². The molecule has 196 valence electrons. The second-order valence-corrected chi connectivity index (χ2v) is 13.2. The molecule has 1 aromatic rings. The van der Waals surface area contributed by atoms with Crippen LogP contribution in [-0.4, -0.2) is 109 Å². The number of nitrogens with two attached hydrogens (primary N) is 1. The van der Waals surface area contributed by atoms with Crippen LogP contribution in [0.25, 0.3) is 0 Å². The molecule has 2 amide bonds. The number of methoxy groups -OCH3 is 1. The van der Waals surface area contributed by atoms with Gasteiger partial charge >= 0.3 is 224 Å². The molecule has 0 aromatic heterocycles. The summed E-state index contributed by atoms with van der Waals surface area (Å²) in [6.07, 6.45) is -1.04. The van der Waals surface area contributed by atoms with Crippen LogP contribution in [-0.2, 0) is 33.3 Å². The van der Waals surface area contributed by atoms with Crippen molar-refractivity contribution in [3.8, 4) is 0 Å². The van der Waals surface area contributed by atoms with Crippen molar-refractivity contribution in [3.05, 3.63) is 41.6 Å². The number of benzene rings is 1. The molecule has 37 heavy (non-hydrogen) atoms. The molecule has 1 spiro atoms. The molecule has 6 rings (SSSR count). The summed E-state index contributed by atoms with van der Waals surface area (Å²) in [7, 11) is 1.44. The Morgan fingerprint density at radius 1 is 1.19 bits per heavy atom. The van der Waals surface area contributed by atoms with Crippen LogP contribution >= 0.6 is 11.6 Å². The molecule has 5 atom stereocenters. The zero-order chi connectivity index (χ0) is 26.3. The third-order valence-electron chi connectivity index (χ3n) is 7.77. The predicted octanol–water partition coefficient (Wildman–Crippen LogP) is -0.917. The number of ketones is 2. The van der Waals surface area contributed by atoms with E-state index in [2.05, 4.69) is 0 Å². The molecule has 2 N–H and O–H groups in total. The van der Waals surface area contributed by atoms with Crippen molar-refractivity contribution in [2.45, 2.75) is 34.3 Å². The van der Waals surface area contributed by atoms with Gasteiger partial charge in [-0.25, -0.2) is 0 Å². The van der Waals surface area contributed by atoms with Crippen molar-refractivity contribution in [2.24, 2.45) is 11.7 Å². The molecular weight excluding hydrogens is 573 g/mol. The van der Waals surface area contributed by atoms with E-state index in [1.807, 2.05) is 30.3 Å². The number of carbonyl (C=O) groups excluding carboxylic acids is 4. The Bertz CT molecular complexity index is 1250. The topological polar surface area (TPSA) is 137 Å². The third kappa shape index (κ3) is 3.05. The van der Waals surface area contributed by atoms with E-state index < -0.39 is 59.9 Å². The first kappa shape index (κ1) is 24.8. The van der Waals surface area contributed by atoms with Crippen LogP contribution in [0.2, 0.25) is 0 Å². The van der Waals surface area contributed by atoms with Gasteiger partial charge in [0.1, 0.15) is 0 Å². The van der Waals surface area contributed by atoms with E-state index in [1.165, 1.54) is 14.0 Å². The van der Waals surface area contributed by atoms with E-state index in [9.17, 15) is 19.2 Å². The molecule has 13 heteroatoms. The maximum absolute atomic E-state index is 14.5. The Labute approximate surface area is 223 Å². The van der Waals surface area contributed by atoms with Crippen LogP contribution in [0.3, 0.4) is 0 Å². The normalized spacial score (nSPS) is 35.1. The summed E-state index contributed by atoms with van der Waals surface area (Å²) in [6.45, 7) is 1.50. The van der Waals surface area contributed by atoms with Crippen molar-refractivity contribution in [1.82, 2.24) is 9.80 Å². The molecular formula is C24H24ClN3O8Se. The van der Waals surface area contributed by atoms with Crippen LogP contribution in [0, 0.1) is 5.92 Å². The predicted molar refractivity (Wildman–Crippen MR) is 128 cm³/mol. The Hall–Kier alpha value is -2.47. The van der Waals surface area contributed by atoms with Gasteiger partial charge in [0.15, 0.2) is 0 Å². The number of allylic oxidation sites excluding steroid dienone is 1. The van der Waals surface area contributed by atoms with Crippen molar-refractivity contribution in [2.75, 3.05) is 33.5 Å². The van der Waals surface area contributed by atoms with Crippen molar-refractivity contribution >= 4 is 54.6 Å². The number of piperazine rings is 1. The molecule has 1 aliphatic carbocycles. The molecule has 4 heterocycles. The molecule has 0 saturated carbocycles. The van der Waals surface area contributed by atoms with E-state index in [4.69, 9.17) is 36.3 Å². The van der Waals surface area contributed by atoms with Gasteiger partial charge in [0.25, 0.3) is 0 Å². The molecule has 0 radical (unpaired) electrons. The summed E-state index contributed by atoms with van der Waals surface area (Å²) in [6, 6.07) is 8.47. The number of ether oxygens (including phenoxy) is 4. The quantitative estimate of drug-likeness (QED) is 0.260. The Kier molecular flexibility index (Phi) is 5.55. The summed E-state index contributed by atoms with van der Waals surface area (Å²) in [4.78, 5) is 56.2. The monoisotopic (exact) mass is 597 g/mol. The molecule has 4 aliphatic heterocycles. The minimum atomic E-state index is -2.05. The number of alkyl halides is 1. The Morgan fingerprint density at radius 2 is 1.86 bits per heavy atom. The van der Waals surface area contributed by atoms with Gasteiger partial charge in [-0.1, -0.05) is 0 Å². The van der Waals surface area contributed by atoms with Gasteiger partial charge in [-0.2, -0.15) is 0 Å². The number of amides is 2. The standard InChI is InChI=1S/C24H24ClN3O8Se/c1-12(29)28-15-10-27-17-16(14(11-34-21(26)32)22(27,33-2)18(15)28)19(30)24(35-8-9-36-24)23(25,20(17)31)37-13-6-4-3-5-7-13/h3-7,14-15,18H,8-11H2,1-2H3,(H2,26,32)/t14-,15+,18+,22-,23?,28?/m1/s1. The summed E-state index contributed by atoms with van der Waals surface area (Å²) >= 11 is 6.42. The number of rotatable bonds is 5. The first-order valence-electron chi connectivity index (χ1n) is 11.7. The SMILES string of the molecule is CO[C@@]12[C@H](COC(N)=O)C3=C(C(=O)C(Cl)([Se]c4ccccc4)C4(OCCO4)C3=O)N1C[C@H]1[C@@H]2N1C(C)=O. The molecule has 0 bridgehead atoms. The number of hydrogen-bond acceptors (Lipinski definition) is 9. The van der Waals surface area contributed by atoms with E-state index in [-0.39, 0.29) is 49.6 Å². The number of nitrogens with zero attached hydrogens (tertiary/aromatic N) is 2. The number of hydrogen-bond donors (Lipinski definition) is 1.